The molecule has 1 atom stereocenters. The normalized spacial score (nSPS) is 18.7. The molecule has 0 amide bonds. The molecule has 82 valence electrons. The standard InChI is InChI=1S/C10H14N2O2S/c1-8(10-4-2-3-7-11-10)15(13,14)12-9-5-6-9/h2-4,7-9,12H,5-6H2,1H3/t8-/m1/s1. The molecular formula is C10H14N2O2S. The van der Waals surface area contributed by atoms with Gasteiger partial charge in [-0.25, -0.2) is 13.1 Å². The molecule has 1 aromatic rings. The first-order chi connectivity index (χ1) is 7.09. The van der Waals surface area contributed by atoms with Gasteiger partial charge < -0.3 is 0 Å². The first kappa shape index (κ1) is 10.6. The SMILES string of the molecule is C[C@H](c1ccccn1)S(=O)(=O)NC1CC1. The molecule has 1 heterocycles. The van der Waals surface area contributed by atoms with E-state index in [0.717, 1.165) is 12.8 Å². The first-order valence-corrected chi connectivity index (χ1v) is 6.56. The maximum Gasteiger partial charge on any atom is 0.220 e. The van der Waals surface area contributed by atoms with Gasteiger partial charge in [0.1, 0.15) is 5.25 Å². The number of hydrogen-bond acceptors (Lipinski definition) is 3. The highest BCUT2D eigenvalue weighted by Gasteiger charge is 2.31. The third-order valence-electron chi connectivity index (χ3n) is 2.48. The van der Waals surface area contributed by atoms with Gasteiger partial charge in [0.05, 0.1) is 5.69 Å². The Kier molecular flexibility index (Phi) is 2.75. The van der Waals surface area contributed by atoms with Crippen molar-refractivity contribution in [2.45, 2.75) is 31.1 Å². The van der Waals surface area contributed by atoms with Crippen molar-refractivity contribution in [2.75, 3.05) is 0 Å². The van der Waals surface area contributed by atoms with Crippen molar-refractivity contribution in [3.63, 3.8) is 0 Å². The van der Waals surface area contributed by atoms with Crippen LogP contribution in [0, 0.1) is 0 Å². The summed E-state index contributed by atoms with van der Waals surface area (Å²) in [6.07, 6.45) is 3.51. The van der Waals surface area contributed by atoms with E-state index in [0.29, 0.717) is 5.69 Å². The monoisotopic (exact) mass is 226 g/mol. The molecule has 0 aromatic carbocycles. The number of pyridine rings is 1. The van der Waals surface area contributed by atoms with Crippen LogP contribution in [-0.2, 0) is 10.0 Å². The highest BCUT2D eigenvalue weighted by Crippen LogP contribution is 2.25. The molecule has 0 unspecified atom stereocenters. The van der Waals surface area contributed by atoms with Crippen LogP contribution >= 0.6 is 0 Å². The summed E-state index contributed by atoms with van der Waals surface area (Å²) < 4.78 is 26.3. The fraction of sp³-hybridized carbons (Fsp3) is 0.500. The molecule has 1 aliphatic rings. The number of sulfonamides is 1. The molecule has 1 fully saturated rings. The van der Waals surface area contributed by atoms with Gasteiger partial charge >= 0.3 is 0 Å². The third kappa shape index (κ3) is 2.54. The van der Waals surface area contributed by atoms with Gasteiger partial charge in [-0.2, -0.15) is 0 Å². The summed E-state index contributed by atoms with van der Waals surface area (Å²) in [6.45, 7) is 1.66. The lowest BCUT2D eigenvalue weighted by Gasteiger charge is -2.12. The Morgan fingerprint density at radius 1 is 1.47 bits per heavy atom. The minimum absolute atomic E-state index is 0.154. The van der Waals surface area contributed by atoms with Crippen LogP contribution in [0.15, 0.2) is 24.4 Å². The molecule has 0 radical (unpaired) electrons. The quantitative estimate of drug-likeness (QED) is 0.840. The van der Waals surface area contributed by atoms with E-state index in [9.17, 15) is 8.42 Å². The zero-order valence-electron chi connectivity index (χ0n) is 8.55. The molecule has 1 N–H and O–H groups in total. The van der Waals surface area contributed by atoms with Gasteiger partial charge in [-0.05, 0) is 31.9 Å². The Morgan fingerprint density at radius 2 is 2.20 bits per heavy atom. The minimum atomic E-state index is -3.26. The highest BCUT2D eigenvalue weighted by molar-refractivity contribution is 7.89. The van der Waals surface area contributed by atoms with E-state index in [1.54, 1.807) is 31.3 Å². The second-order valence-electron chi connectivity index (χ2n) is 3.83. The molecular weight excluding hydrogens is 212 g/mol. The predicted octanol–water partition coefficient (Wildman–Crippen LogP) is 1.22. The Hall–Kier alpha value is -0.940. The molecule has 0 bridgehead atoms. The van der Waals surface area contributed by atoms with E-state index in [2.05, 4.69) is 9.71 Å². The van der Waals surface area contributed by atoms with Crippen molar-refractivity contribution in [2.24, 2.45) is 0 Å². The lowest BCUT2D eigenvalue weighted by atomic mass is 10.3. The van der Waals surface area contributed by atoms with Gasteiger partial charge in [0, 0.05) is 12.2 Å². The number of hydrogen-bond donors (Lipinski definition) is 1. The third-order valence-corrected chi connectivity index (χ3v) is 4.31. The predicted molar refractivity (Wildman–Crippen MR) is 57.7 cm³/mol. The molecule has 5 heteroatoms. The van der Waals surface area contributed by atoms with Gasteiger partial charge in [0.15, 0.2) is 0 Å². The fourth-order valence-corrected chi connectivity index (χ4v) is 2.67. The largest absolute Gasteiger partial charge is 0.260 e. The number of nitrogens with one attached hydrogen (secondary N) is 1. The Bertz CT molecular complexity index is 426. The van der Waals surface area contributed by atoms with E-state index < -0.39 is 15.3 Å². The van der Waals surface area contributed by atoms with E-state index >= 15 is 0 Å². The maximum atomic E-state index is 11.8. The molecule has 4 nitrogen and oxygen atoms in total. The van der Waals surface area contributed by atoms with Crippen molar-refractivity contribution < 1.29 is 8.42 Å². The average Bonchev–Trinajstić information content (AvgIpc) is 3.01. The summed E-state index contributed by atoms with van der Waals surface area (Å²) in [7, 11) is -3.26. The van der Waals surface area contributed by atoms with Crippen LogP contribution in [0.1, 0.15) is 30.7 Å². The van der Waals surface area contributed by atoms with E-state index in [1.165, 1.54) is 0 Å². The minimum Gasteiger partial charge on any atom is -0.260 e. The van der Waals surface area contributed by atoms with Crippen molar-refractivity contribution in [1.82, 2.24) is 9.71 Å². The van der Waals surface area contributed by atoms with E-state index in [4.69, 9.17) is 0 Å². The van der Waals surface area contributed by atoms with Crippen LogP contribution in [0.25, 0.3) is 0 Å². The lowest BCUT2D eigenvalue weighted by Crippen LogP contribution is -2.30. The van der Waals surface area contributed by atoms with Crippen molar-refractivity contribution in [3.8, 4) is 0 Å². The van der Waals surface area contributed by atoms with Crippen LogP contribution < -0.4 is 4.72 Å². The second kappa shape index (κ2) is 3.90. The van der Waals surface area contributed by atoms with Gasteiger partial charge in [0.25, 0.3) is 0 Å². The summed E-state index contributed by atoms with van der Waals surface area (Å²) >= 11 is 0. The fourth-order valence-electron chi connectivity index (χ4n) is 1.31. The Labute approximate surface area is 89.8 Å². The highest BCUT2D eigenvalue weighted by atomic mass is 32.2. The smallest absolute Gasteiger partial charge is 0.220 e. The van der Waals surface area contributed by atoms with Gasteiger partial charge in [-0.3, -0.25) is 4.98 Å². The van der Waals surface area contributed by atoms with E-state index in [-0.39, 0.29) is 6.04 Å². The zero-order chi connectivity index (χ0) is 10.9. The van der Waals surface area contributed by atoms with Crippen molar-refractivity contribution >= 4 is 10.0 Å². The molecule has 2 rings (SSSR count). The summed E-state index contributed by atoms with van der Waals surface area (Å²) in [5.41, 5.74) is 0.589. The lowest BCUT2D eigenvalue weighted by molar-refractivity contribution is 0.569. The molecule has 1 aromatic heterocycles. The van der Waals surface area contributed by atoms with Gasteiger partial charge in [-0.15, -0.1) is 0 Å². The van der Waals surface area contributed by atoms with Crippen molar-refractivity contribution in [3.05, 3.63) is 30.1 Å². The Balaban J connectivity index is 2.15. The molecule has 0 aliphatic heterocycles. The number of rotatable bonds is 4. The maximum absolute atomic E-state index is 11.8. The summed E-state index contributed by atoms with van der Waals surface area (Å²) in [4.78, 5) is 4.05. The van der Waals surface area contributed by atoms with Crippen LogP contribution in [0.4, 0.5) is 0 Å². The topological polar surface area (TPSA) is 59.1 Å². The van der Waals surface area contributed by atoms with Gasteiger partial charge in [-0.1, -0.05) is 6.07 Å². The Morgan fingerprint density at radius 3 is 2.73 bits per heavy atom. The van der Waals surface area contributed by atoms with Crippen LogP contribution in [0.5, 0.6) is 0 Å². The average molecular weight is 226 g/mol. The summed E-state index contributed by atoms with van der Waals surface area (Å²) in [6, 6.07) is 5.46. The molecule has 15 heavy (non-hydrogen) atoms. The number of nitrogens with zero attached hydrogens (tertiary/aromatic N) is 1. The van der Waals surface area contributed by atoms with Crippen molar-refractivity contribution in [1.29, 1.82) is 0 Å². The zero-order valence-corrected chi connectivity index (χ0v) is 9.37. The van der Waals surface area contributed by atoms with Crippen LogP contribution in [0.3, 0.4) is 0 Å². The molecule has 1 aliphatic carbocycles. The summed E-state index contributed by atoms with van der Waals surface area (Å²) in [5, 5.41) is -0.584. The van der Waals surface area contributed by atoms with Crippen LogP contribution in [-0.4, -0.2) is 19.4 Å². The molecule has 1 saturated carbocycles. The molecule has 0 saturated heterocycles. The van der Waals surface area contributed by atoms with Crippen LogP contribution in [0.2, 0.25) is 0 Å². The number of aromatic nitrogens is 1. The van der Waals surface area contributed by atoms with E-state index in [1.807, 2.05) is 0 Å². The second-order valence-corrected chi connectivity index (χ2v) is 5.87. The molecule has 0 spiro atoms. The first-order valence-electron chi connectivity index (χ1n) is 5.01. The van der Waals surface area contributed by atoms with Gasteiger partial charge in [0.2, 0.25) is 10.0 Å². The summed E-state index contributed by atoms with van der Waals surface area (Å²) in [5.74, 6) is 0.